The molecular weight excluding hydrogens is 564 g/mol. The zero-order chi connectivity index (χ0) is 29.9. The summed E-state index contributed by atoms with van der Waals surface area (Å²) in [6.07, 6.45) is -3.75. The zero-order valence-corrected chi connectivity index (χ0v) is 23.0. The molecule has 0 saturated heterocycles. The molecule has 4 aromatic rings. The van der Waals surface area contributed by atoms with E-state index in [4.69, 9.17) is 4.74 Å². The van der Waals surface area contributed by atoms with Gasteiger partial charge in [-0.1, -0.05) is 35.6 Å². The molecule has 41 heavy (non-hydrogen) atoms. The van der Waals surface area contributed by atoms with Crippen molar-refractivity contribution >= 4 is 39.4 Å². The number of alkyl halides is 3. The molecule has 4 rings (SSSR count). The third-order valence-corrected chi connectivity index (χ3v) is 6.88. The molecule has 0 aliphatic heterocycles. The van der Waals surface area contributed by atoms with E-state index in [2.05, 4.69) is 15.3 Å². The molecule has 0 bridgehead atoms. The smallest absolute Gasteiger partial charge is 0.416 e. The highest BCUT2D eigenvalue weighted by molar-refractivity contribution is 7.19. The number of carbonyl (C=O) groups excluding carboxylic acids is 1. The largest absolute Gasteiger partial charge is 0.465 e. The maximum atomic E-state index is 13.6. The van der Waals surface area contributed by atoms with Gasteiger partial charge in [-0.05, 0) is 61.9 Å². The normalized spacial score (nSPS) is 12.7. The van der Waals surface area contributed by atoms with Gasteiger partial charge in [0.25, 0.3) is 0 Å². The molecule has 0 unspecified atom stereocenters. The Labute approximate surface area is 236 Å². The van der Waals surface area contributed by atoms with E-state index in [9.17, 15) is 32.3 Å². The maximum absolute atomic E-state index is 13.6. The number of amides is 2. The average molecular weight is 591 g/mol. The SMILES string of the molecule is CC(C)(C)OC(=O)N[C@@H](Cc1ccc(C(F)(F)F)cc1)CN(C(=O)O)c1ncc(-c2ccc3cnc(F)cc3c2)s1. The number of nitrogens with one attached hydrogen (secondary N) is 1. The Kier molecular flexibility index (Phi) is 8.47. The van der Waals surface area contributed by atoms with E-state index in [-0.39, 0.29) is 18.1 Å². The van der Waals surface area contributed by atoms with Crippen LogP contribution in [0.25, 0.3) is 21.2 Å². The van der Waals surface area contributed by atoms with E-state index in [1.165, 1.54) is 30.6 Å². The van der Waals surface area contributed by atoms with Crippen LogP contribution in [0.3, 0.4) is 0 Å². The summed E-state index contributed by atoms with van der Waals surface area (Å²) >= 11 is 1.07. The van der Waals surface area contributed by atoms with Crippen LogP contribution in [0, 0.1) is 5.95 Å². The molecule has 0 aliphatic carbocycles. The van der Waals surface area contributed by atoms with Gasteiger partial charge >= 0.3 is 18.4 Å². The average Bonchev–Trinajstić information content (AvgIpc) is 3.35. The first-order chi connectivity index (χ1) is 19.2. The van der Waals surface area contributed by atoms with Crippen molar-refractivity contribution in [3.63, 3.8) is 0 Å². The van der Waals surface area contributed by atoms with Crippen molar-refractivity contribution in [1.29, 1.82) is 0 Å². The minimum Gasteiger partial charge on any atom is -0.465 e. The highest BCUT2D eigenvalue weighted by atomic mass is 32.1. The molecular formula is C28H26F4N4O4S. The number of halogens is 4. The highest BCUT2D eigenvalue weighted by Gasteiger charge is 2.31. The number of alkyl carbamates (subject to hydrolysis) is 1. The van der Waals surface area contributed by atoms with Crippen molar-refractivity contribution in [1.82, 2.24) is 15.3 Å². The van der Waals surface area contributed by atoms with Crippen molar-refractivity contribution in [2.75, 3.05) is 11.4 Å². The molecule has 2 N–H and O–H groups in total. The monoisotopic (exact) mass is 590 g/mol. The summed E-state index contributed by atoms with van der Waals surface area (Å²) < 4.78 is 58.0. The number of hydrogen-bond donors (Lipinski definition) is 2. The standard InChI is InChI=1S/C28H26F4N4O4S/c1-27(2,3)40-25(37)35-21(10-16-4-8-20(9-5-16)28(30,31)32)15-36(26(38)39)24-34-14-22(41-24)17-6-7-18-13-33-23(29)12-19(18)11-17/h4-9,11-14,21H,10,15H2,1-3H3,(H,35,37)(H,38,39)/t21-/m0/s1. The van der Waals surface area contributed by atoms with Gasteiger partial charge in [0.05, 0.1) is 23.0 Å². The van der Waals surface area contributed by atoms with E-state index in [1.807, 2.05) is 0 Å². The molecule has 0 saturated carbocycles. The Balaban J connectivity index is 1.59. The second kappa shape index (κ2) is 11.7. The summed E-state index contributed by atoms with van der Waals surface area (Å²) in [5.41, 5.74) is -0.529. The second-order valence-corrected chi connectivity index (χ2v) is 11.2. The van der Waals surface area contributed by atoms with Crippen LogP contribution in [-0.2, 0) is 17.3 Å². The molecule has 0 radical (unpaired) electrons. The second-order valence-electron chi connectivity index (χ2n) is 10.2. The van der Waals surface area contributed by atoms with Crippen molar-refractivity contribution < 1.29 is 37.0 Å². The quantitative estimate of drug-likeness (QED) is 0.175. The van der Waals surface area contributed by atoms with Gasteiger partial charge in [-0.2, -0.15) is 17.6 Å². The number of thiazole rings is 1. The maximum Gasteiger partial charge on any atom is 0.416 e. The first kappa shape index (κ1) is 29.7. The van der Waals surface area contributed by atoms with E-state index in [1.54, 1.807) is 39.0 Å². The minimum absolute atomic E-state index is 0.0175. The molecule has 216 valence electrons. The summed E-state index contributed by atoms with van der Waals surface area (Å²) in [7, 11) is 0. The lowest BCUT2D eigenvalue weighted by atomic mass is 10.0. The Bertz CT molecular complexity index is 1550. The molecule has 13 heteroatoms. The number of aromatic nitrogens is 2. The number of carboxylic acid groups (broad SMARTS) is 1. The molecule has 0 fully saturated rings. The predicted molar refractivity (Wildman–Crippen MR) is 146 cm³/mol. The number of anilines is 1. The summed E-state index contributed by atoms with van der Waals surface area (Å²) in [6.45, 7) is 4.72. The van der Waals surface area contributed by atoms with Crippen LogP contribution in [0.4, 0.5) is 32.3 Å². The summed E-state index contributed by atoms with van der Waals surface area (Å²) in [5.74, 6) is -0.631. The fourth-order valence-corrected chi connectivity index (χ4v) is 4.91. The zero-order valence-electron chi connectivity index (χ0n) is 22.2. The number of rotatable bonds is 7. The van der Waals surface area contributed by atoms with Crippen molar-refractivity contribution in [2.24, 2.45) is 0 Å². The Morgan fingerprint density at radius 3 is 2.37 bits per heavy atom. The van der Waals surface area contributed by atoms with E-state index < -0.39 is 41.5 Å². The van der Waals surface area contributed by atoms with Crippen LogP contribution >= 0.6 is 11.3 Å². The third-order valence-electron chi connectivity index (χ3n) is 5.82. The van der Waals surface area contributed by atoms with Crippen LogP contribution in [-0.4, -0.2) is 45.4 Å². The first-order valence-corrected chi connectivity index (χ1v) is 13.2. The fourth-order valence-electron chi connectivity index (χ4n) is 4.00. The van der Waals surface area contributed by atoms with Crippen molar-refractivity contribution in [3.05, 3.63) is 78.0 Å². The number of nitrogens with zero attached hydrogens (tertiary/aromatic N) is 3. The first-order valence-electron chi connectivity index (χ1n) is 12.4. The van der Waals surface area contributed by atoms with E-state index in [0.29, 0.717) is 21.4 Å². The Morgan fingerprint density at radius 2 is 1.73 bits per heavy atom. The van der Waals surface area contributed by atoms with Gasteiger partial charge in [-0.3, -0.25) is 4.90 Å². The van der Waals surface area contributed by atoms with Gasteiger partial charge in [-0.15, -0.1) is 0 Å². The van der Waals surface area contributed by atoms with Gasteiger partial charge in [0.2, 0.25) is 5.95 Å². The molecule has 8 nitrogen and oxygen atoms in total. The molecule has 0 spiro atoms. The van der Waals surface area contributed by atoms with Crippen LogP contribution in [0.15, 0.2) is 60.9 Å². The topological polar surface area (TPSA) is 105 Å². The summed E-state index contributed by atoms with van der Waals surface area (Å²) in [5, 5.41) is 14.1. The fraction of sp³-hybridized carbons (Fsp3) is 0.286. The molecule has 1 atom stereocenters. The van der Waals surface area contributed by atoms with E-state index >= 15 is 0 Å². The Morgan fingerprint density at radius 1 is 1.02 bits per heavy atom. The minimum atomic E-state index is -4.51. The molecule has 2 aromatic carbocycles. The number of carbonyl (C=O) groups is 2. The molecule has 2 amide bonds. The van der Waals surface area contributed by atoms with Gasteiger partial charge < -0.3 is 15.2 Å². The van der Waals surface area contributed by atoms with Crippen molar-refractivity contribution in [3.8, 4) is 10.4 Å². The summed E-state index contributed by atoms with van der Waals surface area (Å²) in [4.78, 5) is 34.3. The Hall–Kier alpha value is -4.26. The highest BCUT2D eigenvalue weighted by Crippen LogP contribution is 2.33. The number of hydrogen-bond acceptors (Lipinski definition) is 6. The van der Waals surface area contributed by atoms with Crippen LogP contribution < -0.4 is 10.2 Å². The van der Waals surface area contributed by atoms with Crippen molar-refractivity contribution in [2.45, 2.75) is 45.0 Å². The lowest BCUT2D eigenvalue weighted by Crippen LogP contribution is -2.48. The third kappa shape index (κ3) is 7.91. The number of pyridine rings is 1. The van der Waals surface area contributed by atoms with Crippen LogP contribution in [0.2, 0.25) is 0 Å². The van der Waals surface area contributed by atoms with Crippen LogP contribution in [0.5, 0.6) is 0 Å². The molecule has 2 aromatic heterocycles. The van der Waals surface area contributed by atoms with E-state index in [0.717, 1.165) is 33.8 Å². The molecule has 0 aliphatic rings. The van der Waals surface area contributed by atoms with Gasteiger partial charge in [-0.25, -0.2) is 19.6 Å². The predicted octanol–water partition coefficient (Wildman–Crippen LogP) is 7.14. The number of fused-ring (bicyclic) bond motifs is 1. The lowest BCUT2D eigenvalue weighted by Gasteiger charge is -2.27. The lowest BCUT2D eigenvalue weighted by molar-refractivity contribution is -0.137. The summed E-state index contributed by atoms with van der Waals surface area (Å²) in [6, 6.07) is 10.1. The number of benzene rings is 2. The van der Waals surface area contributed by atoms with Gasteiger partial charge in [0, 0.05) is 23.8 Å². The number of ether oxygens (including phenoxy) is 1. The van der Waals surface area contributed by atoms with Gasteiger partial charge in [0.15, 0.2) is 5.13 Å². The van der Waals surface area contributed by atoms with Gasteiger partial charge in [0.1, 0.15) is 5.60 Å². The van der Waals surface area contributed by atoms with Crippen LogP contribution in [0.1, 0.15) is 31.9 Å². The molecule has 2 heterocycles.